The van der Waals surface area contributed by atoms with Crippen LogP contribution in [0, 0.1) is 6.92 Å². The number of benzene rings is 2. The van der Waals surface area contributed by atoms with E-state index in [9.17, 15) is 0 Å². The third-order valence-corrected chi connectivity index (χ3v) is 4.75. The highest BCUT2D eigenvalue weighted by atomic mass is 32.1. The molecule has 0 radical (unpaired) electrons. The highest BCUT2D eigenvalue weighted by molar-refractivity contribution is 7.07. The van der Waals surface area contributed by atoms with Crippen LogP contribution in [0.25, 0.3) is 0 Å². The van der Waals surface area contributed by atoms with Crippen LogP contribution >= 0.6 is 11.3 Å². The molecule has 132 valence electrons. The van der Waals surface area contributed by atoms with Gasteiger partial charge in [0.05, 0.1) is 6.21 Å². The van der Waals surface area contributed by atoms with Crippen molar-refractivity contribution >= 4 is 17.6 Å². The molecule has 0 fully saturated rings. The Balaban J connectivity index is 1.63. The molecule has 2 aromatic carbocycles. The average molecular weight is 363 g/mol. The lowest BCUT2D eigenvalue weighted by Gasteiger charge is -2.06. The zero-order valence-electron chi connectivity index (χ0n) is 14.7. The first-order valence-electron chi connectivity index (χ1n) is 8.36. The van der Waals surface area contributed by atoms with E-state index in [1.54, 1.807) is 17.6 Å². The fraction of sp³-hybridized carbons (Fsp3) is 0.143. The fourth-order valence-electron chi connectivity index (χ4n) is 2.38. The molecule has 0 aliphatic carbocycles. The molecule has 0 atom stereocenters. The second kappa shape index (κ2) is 8.97. The zero-order chi connectivity index (χ0) is 18.2. The van der Waals surface area contributed by atoms with Crippen molar-refractivity contribution in [3.05, 3.63) is 94.3 Å². The summed E-state index contributed by atoms with van der Waals surface area (Å²) in [6.07, 6.45) is 3.60. The van der Waals surface area contributed by atoms with Crippen LogP contribution in [-0.4, -0.2) is 10.8 Å². The van der Waals surface area contributed by atoms with E-state index in [1.165, 1.54) is 0 Å². The lowest BCUT2D eigenvalue weighted by atomic mass is 10.2. The summed E-state index contributed by atoms with van der Waals surface area (Å²) in [5.74, 6) is 0.834. The van der Waals surface area contributed by atoms with Crippen LogP contribution in [0.1, 0.15) is 16.8 Å². The molecule has 0 N–H and O–H groups in total. The van der Waals surface area contributed by atoms with Crippen molar-refractivity contribution < 1.29 is 4.74 Å². The molecule has 0 aliphatic heterocycles. The van der Waals surface area contributed by atoms with Crippen molar-refractivity contribution in [2.75, 3.05) is 0 Å². The maximum absolute atomic E-state index is 5.79. The molecule has 26 heavy (non-hydrogen) atoms. The van der Waals surface area contributed by atoms with Crippen LogP contribution < -0.4 is 9.54 Å². The Morgan fingerprint density at radius 2 is 1.88 bits per heavy atom. The smallest absolute Gasteiger partial charge is 0.211 e. The Labute approximate surface area is 157 Å². The van der Waals surface area contributed by atoms with E-state index < -0.39 is 0 Å². The predicted molar refractivity (Wildman–Crippen MR) is 108 cm³/mol. The molecule has 0 spiro atoms. The number of thiazole rings is 1. The summed E-state index contributed by atoms with van der Waals surface area (Å²) < 4.78 is 7.87. The number of hydrogen-bond acceptors (Lipinski definition) is 4. The number of rotatable bonds is 7. The lowest BCUT2D eigenvalue weighted by Crippen LogP contribution is -2.14. The molecule has 0 bridgehead atoms. The molecule has 0 saturated heterocycles. The minimum atomic E-state index is 0.560. The molecule has 5 heteroatoms. The minimum Gasteiger partial charge on any atom is -0.489 e. The first-order valence-corrected chi connectivity index (χ1v) is 9.24. The first-order chi connectivity index (χ1) is 12.8. The van der Waals surface area contributed by atoms with Gasteiger partial charge in [-0.15, -0.1) is 23.0 Å². The molecule has 0 saturated carbocycles. The van der Waals surface area contributed by atoms with E-state index in [0.717, 1.165) is 33.9 Å². The summed E-state index contributed by atoms with van der Waals surface area (Å²) in [6.45, 7) is 7.13. The van der Waals surface area contributed by atoms with E-state index in [1.807, 2.05) is 60.7 Å². The second-order valence-electron chi connectivity index (χ2n) is 5.75. The van der Waals surface area contributed by atoms with Gasteiger partial charge in [-0.1, -0.05) is 36.4 Å². The normalized spacial score (nSPS) is 11.8. The Bertz CT molecular complexity index is 937. The van der Waals surface area contributed by atoms with Gasteiger partial charge < -0.3 is 9.30 Å². The van der Waals surface area contributed by atoms with Gasteiger partial charge in [0.25, 0.3) is 0 Å². The van der Waals surface area contributed by atoms with E-state index in [-0.39, 0.29) is 0 Å². The quantitative estimate of drug-likeness (QED) is 0.345. The Hall–Kier alpha value is -2.92. The summed E-state index contributed by atoms with van der Waals surface area (Å²) in [7, 11) is 0. The average Bonchev–Trinajstić information content (AvgIpc) is 3.02. The van der Waals surface area contributed by atoms with Crippen molar-refractivity contribution in [3.8, 4) is 5.75 Å². The highest BCUT2D eigenvalue weighted by Gasteiger charge is 1.98. The van der Waals surface area contributed by atoms with Crippen LogP contribution in [0.5, 0.6) is 5.75 Å². The van der Waals surface area contributed by atoms with Crippen molar-refractivity contribution in [3.63, 3.8) is 0 Å². The molecular formula is C21H21N3OS. The van der Waals surface area contributed by atoms with Crippen molar-refractivity contribution in [2.45, 2.75) is 20.1 Å². The van der Waals surface area contributed by atoms with Crippen molar-refractivity contribution in [2.24, 2.45) is 10.2 Å². The topological polar surface area (TPSA) is 38.9 Å². The van der Waals surface area contributed by atoms with Gasteiger partial charge in [-0.25, -0.2) is 0 Å². The van der Waals surface area contributed by atoms with E-state index in [0.29, 0.717) is 6.61 Å². The molecule has 0 amide bonds. The third-order valence-electron chi connectivity index (χ3n) is 3.78. The maximum Gasteiger partial charge on any atom is 0.211 e. The molecular weight excluding hydrogens is 342 g/mol. The molecule has 0 aliphatic rings. The third kappa shape index (κ3) is 4.80. The minimum absolute atomic E-state index is 0.560. The van der Waals surface area contributed by atoms with Gasteiger partial charge in [0.15, 0.2) is 0 Å². The Morgan fingerprint density at radius 1 is 1.12 bits per heavy atom. The van der Waals surface area contributed by atoms with Crippen molar-refractivity contribution in [1.82, 2.24) is 4.57 Å². The number of ether oxygens (including phenoxy) is 1. The zero-order valence-corrected chi connectivity index (χ0v) is 15.5. The van der Waals surface area contributed by atoms with Gasteiger partial charge in [-0.3, -0.25) is 0 Å². The van der Waals surface area contributed by atoms with Gasteiger partial charge in [0.1, 0.15) is 12.4 Å². The van der Waals surface area contributed by atoms with Crippen molar-refractivity contribution in [1.29, 1.82) is 0 Å². The van der Waals surface area contributed by atoms with E-state index in [2.05, 4.69) is 33.7 Å². The lowest BCUT2D eigenvalue weighted by molar-refractivity contribution is 0.306. The summed E-state index contributed by atoms with van der Waals surface area (Å²) in [5.41, 5.74) is 3.28. The second-order valence-corrected chi connectivity index (χ2v) is 6.58. The van der Waals surface area contributed by atoms with Crippen LogP contribution in [0.15, 0.2) is 82.8 Å². The van der Waals surface area contributed by atoms with Gasteiger partial charge in [-0.2, -0.15) is 5.10 Å². The number of allylic oxidation sites excluding steroid dienone is 1. The van der Waals surface area contributed by atoms with Crippen LogP contribution in [0.3, 0.4) is 0 Å². The number of aromatic nitrogens is 1. The summed E-state index contributed by atoms with van der Waals surface area (Å²) >= 11 is 1.57. The Morgan fingerprint density at radius 3 is 2.62 bits per heavy atom. The predicted octanol–water partition coefficient (Wildman–Crippen LogP) is 4.56. The molecule has 4 nitrogen and oxygen atoms in total. The van der Waals surface area contributed by atoms with Gasteiger partial charge >= 0.3 is 0 Å². The van der Waals surface area contributed by atoms with Crippen LogP contribution in [0.2, 0.25) is 0 Å². The highest BCUT2D eigenvalue weighted by Crippen LogP contribution is 2.13. The number of hydrogen-bond donors (Lipinski definition) is 0. The van der Waals surface area contributed by atoms with E-state index >= 15 is 0 Å². The number of nitrogens with zero attached hydrogens (tertiary/aromatic N) is 3. The Kier molecular flexibility index (Phi) is 6.17. The summed E-state index contributed by atoms with van der Waals surface area (Å²) in [4.78, 5) is 0.862. The summed E-state index contributed by atoms with van der Waals surface area (Å²) in [6, 6.07) is 17.9. The van der Waals surface area contributed by atoms with Gasteiger partial charge in [-0.05, 0) is 42.3 Å². The van der Waals surface area contributed by atoms with Gasteiger partial charge in [0.2, 0.25) is 4.80 Å². The number of aryl methyl sites for hydroxylation is 1. The largest absolute Gasteiger partial charge is 0.489 e. The van der Waals surface area contributed by atoms with Gasteiger partial charge in [0, 0.05) is 17.6 Å². The molecule has 1 heterocycles. The molecule has 3 aromatic rings. The first kappa shape index (κ1) is 17.9. The van der Waals surface area contributed by atoms with Crippen LogP contribution in [0.4, 0.5) is 0 Å². The SMILES string of the molecule is C=CCn1c(C)cs/c1=N/N=C/c1ccc(OCc2ccccc2)cc1. The van der Waals surface area contributed by atoms with E-state index in [4.69, 9.17) is 4.74 Å². The fourth-order valence-corrected chi connectivity index (χ4v) is 3.22. The van der Waals surface area contributed by atoms with Crippen LogP contribution in [-0.2, 0) is 13.2 Å². The molecule has 0 unspecified atom stereocenters. The monoisotopic (exact) mass is 363 g/mol. The maximum atomic E-state index is 5.79. The standard InChI is InChI=1S/C21H21N3OS/c1-3-13-24-17(2)16-26-21(24)23-22-14-18-9-11-20(12-10-18)25-15-19-7-5-4-6-8-19/h3-12,14,16H,1,13,15H2,2H3/b22-14+,23-21+. The summed E-state index contributed by atoms with van der Waals surface area (Å²) in [5, 5.41) is 10.6. The molecule has 1 aromatic heterocycles. The molecule has 3 rings (SSSR count).